The van der Waals surface area contributed by atoms with Gasteiger partial charge in [-0.2, -0.15) is 0 Å². The van der Waals surface area contributed by atoms with Gasteiger partial charge < -0.3 is 19.9 Å². The van der Waals surface area contributed by atoms with Crippen LogP contribution in [0.2, 0.25) is 0 Å². The molecule has 6 heteroatoms. The first-order valence-electron chi connectivity index (χ1n) is 7.84. The van der Waals surface area contributed by atoms with Crippen molar-refractivity contribution in [3.05, 3.63) is 59.2 Å². The van der Waals surface area contributed by atoms with Crippen LogP contribution in [0.5, 0.6) is 11.5 Å². The van der Waals surface area contributed by atoms with Crippen molar-refractivity contribution in [2.45, 2.75) is 12.8 Å². The zero-order valence-corrected chi connectivity index (χ0v) is 14.2. The normalized spacial score (nSPS) is 10.2. The molecule has 0 radical (unpaired) electrons. The van der Waals surface area contributed by atoms with Gasteiger partial charge in [0.2, 0.25) is 5.91 Å². The smallest absolute Gasteiger partial charge is 0.335 e. The van der Waals surface area contributed by atoms with E-state index in [0.29, 0.717) is 30.0 Å². The van der Waals surface area contributed by atoms with Crippen LogP contribution < -0.4 is 14.8 Å². The summed E-state index contributed by atoms with van der Waals surface area (Å²) in [5, 5.41) is 11.8. The van der Waals surface area contributed by atoms with E-state index in [1.807, 2.05) is 6.07 Å². The maximum absolute atomic E-state index is 12.2. The van der Waals surface area contributed by atoms with Crippen LogP contribution in [0.15, 0.2) is 42.5 Å². The number of carboxylic acid groups (broad SMARTS) is 1. The molecule has 0 aliphatic rings. The molecule has 0 unspecified atom stereocenters. The van der Waals surface area contributed by atoms with Crippen LogP contribution in [0.3, 0.4) is 0 Å². The highest BCUT2D eigenvalue weighted by Gasteiger charge is 2.14. The van der Waals surface area contributed by atoms with Crippen molar-refractivity contribution in [1.82, 2.24) is 5.32 Å². The minimum absolute atomic E-state index is 0.141. The lowest BCUT2D eigenvalue weighted by atomic mass is 10.1. The van der Waals surface area contributed by atoms with Gasteiger partial charge in [0.25, 0.3) is 0 Å². The van der Waals surface area contributed by atoms with E-state index in [1.165, 1.54) is 0 Å². The quantitative estimate of drug-likeness (QED) is 0.768. The van der Waals surface area contributed by atoms with Gasteiger partial charge in [-0.15, -0.1) is 0 Å². The Morgan fingerprint density at radius 1 is 1.04 bits per heavy atom. The molecule has 0 bridgehead atoms. The molecule has 2 aromatic rings. The fourth-order valence-corrected chi connectivity index (χ4v) is 2.53. The highest BCUT2D eigenvalue weighted by atomic mass is 16.5. The van der Waals surface area contributed by atoms with Gasteiger partial charge in [-0.3, -0.25) is 4.79 Å². The van der Waals surface area contributed by atoms with Crippen molar-refractivity contribution in [1.29, 1.82) is 0 Å². The Morgan fingerprint density at radius 3 is 2.28 bits per heavy atom. The largest absolute Gasteiger partial charge is 0.496 e. The topological polar surface area (TPSA) is 84.9 Å². The third-order valence-corrected chi connectivity index (χ3v) is 3.78. The van der Waals surface area contributed by atoms with Crippen LogP contribution in [0.1, 0.15) is 21.5 Å². The number of hydrogen-bond donors (Lipinski definition) is 2. The average Bonchev–Trinajstić information content (AvgIpc) is 2.62. The molecule has 0 aliphatic carbocycles. The maximum Gasteiger partial charge on any atom is 0.335 e. The Morgan fingerprint density at radius 2 is 1.68 bits per heavy atom. The molecule has 0 atom stereocenters. The van der Waals surface area contributed by atoms with Crippen LogP contribution in [0.25, 0.3) is 0 Å². The Kier molecular flexibility index (Phi) is 6.39. The van der Waals surface area contributed by atoms with Crippen molar-refractivity contribution in [3.8, 4) is 11.5 Å². The summed E-state index contributed by atoms with van der Waals surface area (Å²) in [7, 11) is 3.09. The predicted molar refractivity (Wildman–Crippen MR) is 93.4 cm³/mol. The van der Waals surface area contributed by atoms with E-state index in [4.69, 9.17) is 14.6 Å². The second kappa shape index (κ2) is 8.73. The Balaban J connectivity index is 1.94. The zero-order chi connectivity index (χ0) is 18.2. The number of methoxy groups -OCH3 is 2. The second-order valence-corrected chi connectivity index (χ2v) is 5.42. The van der Waals surface area contributed by atoms with Gasteiger partial charge in [0, 0.05) is 12.1 Å². The minimum atomic E-state index is -0.964. The van der Waals surface area contributed by atoms with Crippen molar-refractivity contribution in [2.75, 3.05) is 20.8 Å². The van der Waals surface area contributed by atoms with E-state index in [-0.39, 0.29) is 17.9 Å². The molecule has 0 heterocycles. The van der Waals surface area contributed by atoms with Gasteiger partial charge >= 0.3 is 5.97 Å². The molecular formula is C19H21NO5. The molecule has 0 fully saturated rings. The number of amides is 1. The van der Waals surface area contributed by atoms with Crippen molar-refractivity contribution in [3.63, 3.8) is 0 Å². The van der Waals surface area contributed by atoms with Crippen LogP contribution in [-0.4, -0.2) is 37.7 Å². The van der Waals surface area contributed by atoms with E-state index < -0.39 is 5.97 Å². The molecule has 6 nitrogen and oxygen atoms in total. The number of carbonyl (C=O) groups is 2. The lowest BCUT2D eigenvalue weighted by Gasteiger charge is -2.13. The first kappa shape index (κ1) is 18.3. The highest BCUT2D eigenvalue weighted by Crippen LogP contribution is 2.28. The van der Waals surface area contributed by atoms with E-state index in [9.17, 15) is 9.59 Å². The molecule has 0 aromatic heterocycles. The summed E-state index contributed by atoms with van der Waals surface area (Å²) in [6, 6.07) is 12.0. The predicted octanol–water partition coefficient (Wildman–Crippen LogP) is 2.30. The third kappa shape index (κ3) is 4.97. The maximum atomic E-state index is 12.2. The molecule has 1 amide bonds. The molecule has 2 aromatic carbocycles. The van der Waals surface area contributed by atoms with Crippen LogP contribution in [-0.2, 0) is 17.6 Å². The van der Waals surface area contributed by atoms with Crippen LogP contribution in [0, 0.1) is 0 Å². The van der Waals surface area contributed by atoms with Crippen LogP contribution >= 0.6 is 0 Å². The summed E-state index contributed by atoms with van der Waals surface area (Å²) in [5.74, 6) is 0.0821. The molecular weight excluding hydrogens is 322 g/mol. The number of carbonyl (C=O) groups excluding carboxylic acids is 1. The molecule has 132 valence electrons. The second-order valence-electron chi connectivity index (χ2n) is 5.42. The minimum Gasteiger partial charge on any atom is -0.496 e. The van der Waals surface area contributed by atoms with E-state index >= 15 is 0 Å². The SMILES string of the molecule is COc1cccc(OC)c1CC(=O)NCCc1cccc(C(=O)O)c1. The molecule has 25 heavy (non-hydrogen) atoms. The Bertz CT molecular complexity index is 735. The Labute approximate surface area is 146 Å². The summed E-state index contributed by atoms with van der Waals surface area (Å²) >= 11 is 0. The summed E-state index contributed by atoms with van der Waals surface area (Å²) < 4.78 is 10.6. The van der Waals surface area contributed by atoms with Gasteiger partial charge in [0.1, 0.15) is 11.5 Å². The Hall–Kier alpha value is -3.02. The molecule has 2 N–H and O–H groups in total. The van der Waals surface area contributed by atoms with Gasteiger partial charge in [-0.1, -0.05) is 18.2 Å². The third-order valence-electron chi connectivity index (χ3n) is 3.78. The number of rotatable bonds is 8. The van der Waals surface area contributed by atoms with E-state index in [0.717, 1.165) is 5.56 Å². The summed E-state index contributed by atoms with van der Waals surface area (Å²) in [6.07, 6.45) is 0.693. The molecule has 0 aliphatic heterocycles. The lowest BCUT2D eigenvalue weighted by molar-refractivity contribution is -0.120. The number of nitrogens with one attached hydrogen (secondary N) is 1. The highest BCUT2D eigenvalue weighted by molar-refractivity contribution is 5.87. The first-order valence-corrected chi connectivity index (χ1v) is 7.84. The summed E-state index contributed by atoms with van der Waals surface area (Å²) in [5.41, 5.74) is 1.79. The molecule has 0 saturated carbocycles. The van der Waals surface area contributed by atoms with Gasteiger partial charge in [0.15, 0.2) is 0 Å². The zero-order valence-electron chi connectivity index (χ0n) is 14.2. The molecule has 2 rings (SSSR count). The standard InChI is InChI=1S/C19H21NO5/c1-24-16-7-4-8-17(25-2)15(16)12-18(21)20-10-9-13-5-3-6-14(11-13)19(22)23/h3-8,11H,9-10,12H2,1-2H3,(H,20,21)(H,22,23). The van der Waals surface area contributed by atoms with Crippen LogP contribution in [0.4, 0.5) is 0 Å². The van der Waals surface area contributed by atoms with Gasteiger partial charge in [0.05, 0.1) is 26.2 Å². The average molecular weight is 343 g/mol. The van der Waals surface area contributed by atoms with Gasteiger partial charge in [-0.25, -0.2) is 4.79 Å². The fraction of sp³-hybridized carbons (Fsp3) is 0.263. The van der Waals surface area contributed by atoms with E-state index in [1.54, 1.807) is 50.6 Å². The number of benzene rings is 2. The first-order chi connectivity index (χ1) is 12.0. The number of hydrogen-bond acceptors (Lipinski definition) is 4. The monoisotopic (exact) mass is 343 g/mol. The van der Waals surface area contributed by atoms with Crippen molar-refractivity contribution >= 4 is 11.9 Å². The lowest BCUT2D eigenvalue weighted by Crippen LogP contribution is -2.27. The number of ether oxygens (including phenoxy) is 2. The van der Waals surface area contributed by atoms with Gasteiger partial charge in [-0.05, 0) is 36.2 Å². The molecule has 0 saturated heterocycles. The fourth-order valence-electron chi connectivity index (χ4n) is 2.53. The van der Waals surface area contributed by atoms with E-state index in [2.05, 4.69) is 5.32 Å². The number of aromatic carboxylic acids is 1. The van der Waals surface area contributed by atoms with Crippen molar-refractivity contribution < 1.29 is 24.2 Å². The summed E-state index contributed by atoms with van der Waals surface area (Å²) in [4.78, 5) is 23.2. The summed E-state index contributed by atoms with van der Waals surface area (Å²) in [6.45, 7) is 0.416. The molecule has 0 spiro atoms. The number of carboxylic acids is 1. The van der Waals surface area contributed by atoms with Crippen molar-refractivity contribution in [2.24, 2.45) is 0 Å².